The van der Waals surface area contributed by atoms with Crippen molar-refractivity contribution in [3.8, 4) is 0 Å². The van der Waals surface area contributed by atoms with Crippen LogP contribution in [0.1, 0.15) is 36.4 Å². The number of hydrogen-bond donors (Lipinski definition) is 1. The molecule has 1 heterocycles. The van der Waals surface area contributed by atoms with E-state index in [1.807, 2.05) is 30.1 Å². The molecule has 3 rings (SSSR count). The van der Waals surface area contributed by atoms with Crippen molar-refractivity contribution in [1.82, 2.24) is 15.1 Å². The van der Waals surface area contributed by atoms with E-state index in [0.29, 0.717) is 12.0 Å². The molecule has 1 fully saturated rings. The van der Waals surface area contributed by atoms with Crippen LogP contribution in [0.25, 0.3) is 0 Å². The topological polar surface area (TPSA) is 29.9 Å². The lowest BCUT2D eigenvalue weighted by Gasteiger charge is -2.13. The van der Waals surface area contributed by atoms with Crippen molar-refractivity contribution < 1.29 is 4.39 Å². The Bertz CT molecular complexity index is 579. The Kier molecular flexibility index (Phi) is 3.83. The minimum Gasteiger partial charge on any atom is -0.308 e. The van der Waals surface area contributed by atoms with Crippen molar-refractivity contribution in [3.05, 3.63) is 53.6 Å². The van der Waals surface area contributed by atoms with Gasteiger partial charge < -0.3 is 5.32 Å². The minimum atomic E-state index is -0.132. The summed E-state index contributed by atoms with van der Waals surface area (Å²) in [6, 6.07) is 9.56. The molecule has 0 radical (unpaired) electrons. The number of nitrogens with zero attached hydrogens (tertiary/aromatic N) is 2. The lowest BCUT2D eigenvalue weighted by Crippen LogP contribution is -2.26. The quantitative estimate of drug-likeness (QED) is 0.928. The van der Waals surface area contributed by atoms with Gasteiger partial charge in [0.25, 0.3) is 0 Å². The number of benzene rings is 1. The Balaban J connectivity index is 1.54. The predicted octanol–water partition coefficient (Wildman–Crippen LogP) is 2.99. The van der Waals surface area contributed by atoms with Crippen LogP contribution in [-0.4, -0.2) is 15.8 Å². The van der Waals surface area contributed by atoms with Crippen LogP contribution in [0.5, 0.6) is 0 Å². The standard InChI is InChI=1S/C16H20FN3/c1-20-8-7-16(19-20)11-18-15-6-5-13(10-15)12-3-2-4-14(17)9-12/h2-4,7-9,13,15,18H,5-6,10-11H2,1H3/t13-,15-/m1/s1. The first-order valence-electron chi connectivity index (χ1n) is 7.18. The Labute approximate surface area is 118 Å². The van der Waals surface area contributed by atoms with Gasteiger partial charge in [-0.2, -0.15) is 5.10 Å². The molecule has 20 heavy (non-hydrogen) atoms. The van der Waals surface area contributed by atoms with Crippen LogP contribution in [0.4, 0.5) is 4.39 Å². The number of aromatic nitrogens is 2. The van der Waals surface area contributed by atoms with Crippen molar-refractivity contribution in [3.63, 3.8) is 0 Å². The third kappa shape index (κ3) is 3.07. The second-order valence-corrected chi connectivity index (χ2v) is 5.62. The van der Waals surface area contributed by atoms with E-state index in [4.69, 9.17) is 0 Å². The highest BCUT2D eigenvalue weighted by atomic mass is 19.1. The molecular weight excluding hydrogens is 253 g/mol. The minimum absolute atomic E-state index is 0.132. The number of rotatable bonds is 4. The molecule has 3 nitrogen and oxygen atoms in total. The van der Waals surface area contributed by atoms with E-state index in [1.165, 1.54) is 6.07 Å². The molecule has 0 spiro atoms. The number of hydrogen-bond acceptors (Lipinski definition) is 2. The van der Waals surface area contributed by atoms with Crippen molar-refractivity contribution >= 4 is 0 Å². The summed E-state index contributed by atoms with van der Waals surface area (Å²) in [7, 11) is 1.93. The summed E-state index contributed by atoms with van der Waals surface area (Å²) >= 11 is 0. The van der Waals surface area contributed by atoms with Gasteiger partial charge in [-0.1, -0.05) is 12.1 Å². The monoisotopic (exact) mass is 273 g/mol. The Hall–Kier alpha value is -1.68. The summed E-state index contributed by atoms with van der Waals surface area (Å²) in [5.74, 6) is 0.347. The second kappa shape index (κ2) is 5.75. The van der Waals surface area contributed by atoms with Gasteiger partial charge in [-0.25, -0.2) is 4.39 Å². The molecule has 4 heteroatoms. The van der Waals surface area contributed by atoms with E-state index in [-0.39, 0.29) is 5.82 Å². The molecule has 2 aromatic rings. The molecule has 1 aliphatic rings. The molecule has 106 valence electrons. The van der Waals surface area contributed by atoms with Crippen LogP contribution in [0.3, 0.4) is 0 Å². The van der Waals surface area contributed by atoms with E-state index in [0.717, 1.165) is 37.1 Å². The fraction of sp³-hybridized carbons (Fsp3) is 0.438. The molecule has 1 N–H and O–H groups in total. The van der Waals surface area contributed by atoms with Gasteiger partial charge in [-0.3, -0.25) is 4.68 Å². The summed E-state index contributed by atoms with van der Waals surface area (Å²) in [4.78, 5) is 0. The molecule has 1 aliphatic carbocycles. The normalized spacial score (nSPS) is 22.3. The summed E-state index contributed by atoms with van der Waals surface area (Å²) in [5.41, 5.74) is 2.20. The van der Waals surface area contributed by atoms with Crippen LogP contribution in [-0.2, 0) is 13.6 Å². The van der Waals surface area contributed by atoms with Gasteiger partial charge in [0.2, 0.25) is 0 Å². The SMILES string of the molecule is Cn1ccc(CN[C@@H]2CC[C@@H](c3cccc(F)c3)C2)n1. The van der Waals surface area contributed by atoms with E-state index >= 15 is 0 Å². The number of halogens is 1. The molecule has 0 unspecified atom stereocenters. The third-order valence-electron chi connectivity index (χ3n) is 4.09. The van der Waals surface area contributed by atoms with Gasteiger partial charge in [-0.15, -0.1) is 0 Å². The zero-order valence-corrected chi connectivity index (χ0v) is 11.7. The molecule has 0 saturated heterocycles. The van der Waals surface area contributed by atoms with Gasteiger partial charge in [0.1, 0.15) is 5.82 Å². The van der Waals surface area contributed by atoms with E-state index in [1.54, 1.807) is 12.1 Å². The van der Waals surface area contributed by atoms with Crippen LogP contribution in [0.2, 0.25) is 0 Å². The number of aryl methyl sites for hydroxylation is 1. The van der Waals surface area contributed by atoms with Crippen LogP contribution in [0, 0.1) is 5.82 Å². The summed E-state index contributed by atoms with van der Waals surface area (Å²) in [6.07, 6.45) is 5.31. The average Bonchev–Trinajstić information content (AvgIpc) is 3.05. The van der Waals surface area contributed by atoms with Crippen LogP contribution >= 0.6 is 0 Å². The maximum atomic E-state index is 13.3. The van der Waals surface area contributed by atoms with Gasteiger partial charge in [-0.05, 0) is 48.9 Å². The first-order valence-corrected chi connectivity index (χ1v) is 7.18. The zero-order valence-electron chi connectivity index (χ0n) is 11.7. The largest absolute Gasteiger partial charge is 0.308 e. The van der Waals surface area contributed by atoms with Gasteiger partial charge in [0.15, 0.2) is 0 Å². The van der Waals surface area contributed by atoms with Crippen LogP contribution in [0.15, 0.2) is 36.5 Å². The van der Waals surface area contributed by atoms with Gasteiger partial charge >= 0.3 is 0 Å². The maximum absolute atomic E-state index is 13.3. The first kappa shape index (κ1) is 13.3. The first-order chi connectivity index (χ1) is 9.70. The summed E-state index contributed by atoms with van der Waals surface area (Å²) < 4.78 is 15.1. The smallest absolute Gasteiger partial charge is 0.123 e. The van der Waals surface area contributed by atoms with E-state index in [9.17, 15) is 4.39 Å². The summed E-state index contributed by atoms with van der Waals surface area (Å²) in [6.45, 7) is 0.807. The van der Waals surface area contributed by atoms with Crippen molar-refractivity contribution in [2.45, 2.75) is 37.8 Å². The fourth-order valence-electron chi connectivity index (χ4n) is 3.04. The highest BCUT2D eigenvalue weighted by molar-refractivity contribution is 5.22. The molecular formula is C16H20FN3. The van der Waals surface area contributed by atoms with E-state index < -0.39 is 0 Å². The Morgan fingerprint density at radius 2 is 2.25 bits per heavy atom. The zero-order chi connectivity index (χ0) is 13.9. The number of nitrogens with one attached hydrogen (secondary N) is 1. The van der Waals surface area contributed by atoms with Crippen molar-refractivity contribution in [2.75, 3.05) is 0 Å². The lowest BCUT2D eigenvalue weighted by molar-refractivity contribution is 0.509. The molecule has 1 aromatic carbocycles. The Morgan fingerprint density at radius 1 is 1.35 bits per heavy atom. The van der Waals surface area contributed by atoms with E-state index in [2.05, 4.69) is 10.4 Å². The Morgan fingerprint density at radius 3 is 3.00 bits per heavy atom. The highest BCUT2D eigenvalue weighted by Gasteiger charge is 2.25. The van der Waals surface area contributed by atoms with Crippen LogP contribution < -0.4 is 5.32 Å². The summed E-state index contributed by atoms with van der Waals surface area (Å²) in [5, 5.41) is 7.92. The third-order valence-corrected chi connectivity index (χ3v) is 4.09. The highest BCUT2D eigenvalue weighted by Crippen LogP contribution is 2.34. The van der Waals surface area contributed by atoms with Gasteiger partial charge in [0, 0.05) is 25.8 Å². The average molecular weight is 273 g/mol. The molecule has 0 amide bonds. The fourth-order valence-corrected chi connectivity index (χ4v) is 3.04. The molecule has 1 aromatic heterocycles. The molecule has 0 bridgehead atoms. The molecule has 1 saturated carbocycles. The maximum Gasteiger partial charge on any atom is 0.123 e. The molecule has 2 atom stereocenters. The predicted molar refractivity (Wildman–Crippen MR) is 76.8 cm³/mol. The van der Waals surface area contributed by atoms with Crippen molar-refractivity contribution in [2.24, 2.45) is 7.05 Å². The lowest BCUT2D eigenvalue weighted by atomic mass is 9.97. The second-order valence-electron chi connectivity index (χ2n) is 5.62. The van der Waals surface area contributed by atoms with Crippen molar-refractivity contribution in [1.29, 1.82) is 0 Å². The van der Waals surface area contributed by atoms with Gasteiger partial charge in [0.05, 0.1) is 5.69 Å². The molecule has 0 aliphatic heterocycles.